The lowest BCUT2D eigenvalue weighted by Crippen LogP contribution is -2.51. The number of amides is 2. The Labute approximate surface area is 201 Å². The minimum absolute atomic E-state index is 0.179. The zero-order valence-corrected chi connectivity index (χ0v) is 21.3. The van der Waals surface area contributed by atoms with Crippen LogP contribution in [0.15, 0.2) is 42.5 Å². The first-order valence-electron chi connectivity index (χ1n) is 10.8. The maximum Gasteiger partial charge on any atom is 0.244 e. The van der Waals surface area contributed by atoms with Crippen molar-refractivity contribution in [3.63, 3.8) is 0 Å². The fourth-order valence-corrected chi connectivity index (χ4v) is 4.46. The van der Waals surface area contributed by atoms with Crippen LogP contribution < -0.4 is 9.62 Å². The van der Waals surface area contributed by atoms with Gasteiger partial charge in [-0.05, 0) is 56.0 Å². The molecule has 0 heterocycles. The molecule has 9 heteroatoms. The highest BCUT2D eigenvalue weighted by atomic mass is 35.5. The molecule has 0 saturated heterocycles. The molecule has 0 aromatic heterocycles. The molecular weight excluding hydrogens is 462 g/mol. The van der Waals surface area contributed by atoms with Gasteiger partial charge < -0.3 is 10.2 Å². The van der Waals surface area contributed by atoms with Crippen molar-refractivity contribution in [3.05, 3.63) is 64.2 Å². The number of hydrogen-bond acceptors (Lipinski definition) is 4. The molecule has 2 rings (SSSR count). The highest BCUT2D eigenvalue weighted by molar-refractivity contribution is 7.92. The van der Waals surface area contributed by atoms with Crippen LogP contribution in [0.5, 0.6) is 0 Å². The molecule has 2 aromatic rings. The summed E-state index contributed by atoms with van der Waals surface area (Å²) in [4.78, 5) is 27.7. The van der Waals surface area contributed by atoms with Gasteiger partial charge in [0, 0.05) is 18.1 Å². The Morgan fingerprint density at radius 3 is 2.36 bits per heavy atom. The molecule has 0 aliphatic rings. The minimum Gasteiger partial charge on any atom is -0.354 e. The van der Waals surface area contributed by atoms with Crippen molar-refractivity contribution in [1.82, 2.24) is 10.2 Å². The molecule has 0 saturated carbocycles. The third-order valence-corrected chi connectivity index (χ3v) is 6.80. The van der Waals surface area contributed by atoms with E-state index < -0.39 is 28.5 Å². The Kier molecular flexibility index (Phi) is 9.31. The molecule has 1 atom stereocenters. The molecule has 1 N–H and O–H groups in total. The van der Waals surface area contributed by atoms with Crippen LogP contribution in [0.2, 0.25) is 5.02 Å². The topological polar surface area (TPSA) is 86.8 Å². The van der Waals surface area contributed by atoms with E-state index in [0.717, 1.165) is 28.1 Å². The number of rotatable bonds is 10. The standard InChI is InChI=1S/C24H32ClN3O4S/c1-6-13-26-24(30)19(4)27(15-20-10-8-7-9-17(20)2)23(29)16-28(33(5,31)32)22-14-21(25)12-11-18(22)3/h7-12,14,19H,6,13,15-16H2,1-5H3,(H,26,30). The molecule has 180 valence electrons. The average Bonchev–Trinajstić information content (AvgIpc) is 2.75. The van der Waals surface area contributed by atoms with Gasteiger partial charge in [0.25, 0.3) is 0 Å². The third-order valence-electron chi connectivity index (χ3n) is 5.44. The van der Waals surface area contributed by atoms with Gasteiger partial charge in [-0.3, -0.25) is 13.9 Å². The monoisotopic (exact) mass is 493 g/mol. The lowest BCUT2D eigenvalue weighted by Gasteiger charge is -2.32. The highest BCUT2D eigenvalue weighted by Crippen LogP contribution is 2.27. The molecule has 1 unspecified atom stereocenters. The van der Waals surface area contributed by atoms with E-state index >= 15 is 0 Å². The predicted molar refractivity (Wildman–Crippen MR) is 133 cm³/mol. The van der Waals surface area contributed by atoms with Gasteiger partial charge in [0.2, 0.25) is 21.8 Å². The summed E-state index contributed by atoms with van der Waals surface area (Å²) in [6.45, 7) is 7.50. The number of halogens is 1. The van der Waals surface area contributed by atoms with Gasteiger partial charge in [0.05, 0.1) is 11.9 Å². The summed E-state index contributed by atoms with van der Waals surface area (Å²) < 4.78 is 26.3. The number of nitrogens with one attached hydrogen (secondary N) is 1. The lowest BCUT2D eigenvalue weighted by molar-refractivity contribution is -0.139. The zero-order chi connectivity index (χ0) is 24.8. The molecule has 0 fully saturated rings. The van der Waals surface area contributed by atoms with Gasteiger partial charge in [0.1, 0.15) is 12.6 Å². The van der Waals surface area contributed by atoms with Gasteiger partial charge in [0.15, 0.2) is 0 Å². The lowest BCUT2D eigenvalue weighted by atomic mass is 10.1. The van der Waals surface area contributed by atoms with Crippen molar-refractivity contribution in [2.75, 3.05) is 23.7 Å². The van der Waals surface area contributed by atoms with Crippen molar-refractivity contribution in [2.45, 2.75) is 46.7 Å². The number of hydrogen-bond donors (Lipinski definition) is 1. The summed E-state index contributed by atoms with van der Waals surface area (Å²) in [5, 5.41) is 3.18. The maximum absolute atomic E-state index is 13.5. The van der Waals surface area contributed by atoms with E-state index in [-0.39, 0.29) is 12.5 Å². The van der Waals surface area contributed by atoms with Gasteiger partial charge in [-0.25, -0.2) is 8.42 Å². The van der Waals surface area contributed by atoms with E-state index in [1.54, 1.807) is 26.0 Å². The second-order valence-electron chi connectivity index (χ2n) is 8.12. The fraction of sp³-hybridized carbons (Fsp3) is 0.417. The number of sulfonamides is 1. The average molecular weight is 494 g/mol. The van der Waals surface area contributed by atoms with Crippen molar-refractivity contribution in [3.8, 4) is 0 Å². The van der Waals surface area contributed by atoms with E-state index in [2.05, 4.69) is 5.32 Å². The summed E-state index contributed by atoms with van der Waals surface area (Å²) >= 11 is 6.11. The molecule has 2 amide bonds. The van der Waals surface area contributed by atoms with Crippen LogP contribution in [-0.2, 0) is 26.2 Å². The van der Waals surface area contributed by atoms with E-state index in [1.165, 1.54) is 11.0 Å². The molecular formula is C24H32ClN3O4S. The first-order valence-corrected chi connectivity index (χ1v) is 13.0. The number of anilines is 1. The Balaban J connectivity index is 2.43. The smallest absolute Gasteiger partial charge is 0.244 e. The van der Waals surface area contributed by atoms with Crippen LogP contribution in [0.25, 0.3) is 0 Å². The Morgan fingerprint density at radius 1 is 1.09 bits per heavy atom. The molecule has 0 radical (unpaired) electrons. The second-order valence-corrected chi connectivity index (χ2v) is 10.5. The first kappa shape index (κ1) is 26.7. The van der Waals surface area contributed by atoms with Gasteiger partial charge in [-0.15, -0.1) is 0 Å². The zero-order valence-electron chi connectivity index (χ0n) is 19.8. The van der Waals surface area contributed by atoms with Crippen molar-refractivity contribution >= 4 is 39.1 Å². The van der Waals surface area contributed by atoms with E-state index in [1.807, 2.05) is 38.1 Å². The molecule has 0 aliphatic heterocycles. The van der Waals surface area contributed by atoms with E-state index in [0.29, 0.717) is 22.8 Å². The third kappa shape index (κ3) is 7.20. The summed E-state index contributed by atoms with van der Waals surface area (Å²) in [7, 11) is -3.80. The van der Waals surface area contributed by atoms with Crippen molar-refractivity contribution in [2.24, 2.45) is 0 Å². The quantitative estimate of drug-likeness (QED) is 0.547. The van der Waals surface area contributed by atoms with Crippen LogP contribution in [0.4, 0.5) is 5.69 Å². The number of aryl methyl sites for hydroxylation is 2. The fourth-order valence-electron chi connectivity index (χ4n) is 3.40. The van der Waals surface area contributed by atoms with E-state index in [4.69, 9.17) is 11.6 Å². The van der Waals surface area contributed by atoms with Crippen LogP contribution in [0.1, 0.15) is 37.0 Å². The summed E-state index contributed by atoms with van der Waals surface area (Å²) in [5.74, 6) is -0.772. The molecule has 0 aliphatic carbocycles. The first-order chi connectivity index (χ1) is 15.5. The minimum atomic E-state index is -3.80. The Bertz CT molecular complexity index is 1100. The van der Waals surface area contributed by atoms with Gasteiger partial charge in [-0.1, -0.05) is 48.9 Å². The van der Waals surface area contributed by atoms with Crippen LogP contribution in [0, 0.1) is 13.8 Å². The van der Waals surface area contributed by atoms with Crippen LogP contribution in [-0.4, -0.2) is 50.5 Å². The van der Waals surface area contributed by atoms with Gasteiger partial charge in [-0.2, -0.15) is 0 Å². The number of nitrogens with zero attached hydrogens (tertiary/aromatic N) is 2. The molecule has 33 heavy (non-hydrogen) atoms. The molecule has 7 nitrogen and oxygen atoms in total. The normalized spacial score (nSPS) is 12.2. The predicted octanol–water partition coefficient (Wildman–Crippen LogP) is 3.67. The van der Waals surface area contributed by atoms with Crippen molar-refractivity contribution < 1.29 is 18.0 Å². The highest BCUT2D eigenvalue weighted by Gasteiger charge is 2.30. The molecule has 0 spiro atoms. The maximum atomic E-state index is 13.5. The summed E-state index contributed by atoms with van der Waals surface area (Å²) in [6.07, 6.45) is 1.81. The van der Waals surface area contributed by atoms with Crippen LogP contribution >= 0.6 is 11.6 Å². The second kappa shape index (κ2) is 11.5. The summed E-state index contributed by atoms with van der Waals surface area (Å²) in [6, 6.07) is 11.7. The number of carbonyl (C=O) groups is 2. The van der Waals surface area contributed by atoms with E-state index in [9.17, 15) is 18.0 Å². The number of carbonyl (C=O) groups excluding carboxylic acids is 2. The number of benzene rings is 2. The Hall–Kier alpha value is -2.58. The summed E-state index contributed by atoms with van der Waals surface area (Å²) in [5.41, 5.74) is 2.85. The van der Waals surface area contributed by atoms with Gasteiger partial charge >= 0.3 is 0 Å². The molecule has 2 aromatic carbocycles. The largest absolute Gasteiger partial charge is 0.354 e. The van der Waals surface area contributed by atoms with Crippen LogP contribution in [0.3, 0.4) is 0 Å². The molecule has 0 bridgehead atoms. The Morgan fingerprint density at radius 2 is 1.76 bits per heavy atom. The van der Waals surface area contributed by atoms with Crippen molar-refractivity contribution in [1.29, 1.82) is 0 Å². The SMILES string of the molecule is CCCNC(=O)C(C)N(Cc1ccccc1C)C(=O)CN(c1cc(Cl)ccc1C)S(C)(=O)=O.